The van der Waals surface area contributed by atoms with Gasteiger partial charge in [0, 0.05) is 0 Å². The Labute approximate surface area is 101 Å². The van der Waals surface area contributed by atoms with E-state index in [9.17, 15) is 0 Å². The molecule has 0 saturated carbocycles. The van der Waals surface area contributed by atoms with E-state index in [-0.39, 0.29) is 103 Å². The van der Waals surface area contributed by atoms with Crippen LogP contribution in [-0.2, 0) is 0 Å². The van der Waals surface area contributed by atoms with Gasteiger partial charge in [-0.1, -0.05) is 0 Å². The first kappa shape index (κ1) is 125. The summed E-state index contributed by atoms with van der Waals surface area (Å²) in [6.07, 6.45) is 0. The van der Waals surface area contributed by atoms with Crippen molar-refractivity contribution < 1.29 is 78.8 Å². The second kappa shape index (κ2) is 86.3. The molecule has 0 aliphatic carbocycles. The molecule has 0 radical (unpaired) electrons. The minimum absolute atomic E-state index is 0. The molecule has 0 aliphatic rings. The molecule has 0 aliphatic heterocycles. The van der Waals surface area contributed by atoms with Gasteiger partial charge in [-0.25, -0.2) is 0 Å². The van der Waals surface area contributed by atoms with Crippen molar-refractivity contribution in [2.75, 3.05) is 0 Å². The zero-order chi connectivity index (χ0) is 0. The summed E-state index contributed by atoms with van der Waals surface area (Å²) in [5, 5.41) is 0. The van der Waals surface area contributed by atoms with Crippen LogP contribution in [0, 0.1) is 0 Å². The van der Waals surface area contributed by atoms with E-state index in [1.807, 2.05) is 0 Å². The average Bonchev–Trinajstić information content (AvgIpc) is 0. The van der Waals surface area contributed by atoms with Gasteiger partial charge in [0.15, 0.2) is 0 Å². The summed E-state index contributed by atoms with van der Waals surface area (Å²) in [7, 11) is 0. The molecule has 0 fully saturated rings. The van der Waals surface area contributed by atoms with Crippen LogP contribution < -0.4 is 51.4 Å². The van der Waals surface area contributed by atoms with Crippen LogP contribution in [-0.4, -0.2) is 51.3 Å². The van der Waals surface area contributed by atoms with Crippen LogP contribution in [0.3, 0.4) is 0 Å². The smallest absolute Gasteiger partial charge is 0.870 e. The molecule has 0 unspecified atom stereocenters. The molecular weight excluding hydrogens is 238 g/mol. The summed E-state index contributed by atoms with van der Waals surface area (Å²) in [5.74, 6) is 0. The molecular formula is H5KO5Sn. The fraction of sp³-hybridized carbons (Fsp3) is 0. The summed E-state index contributed by atoms with van der Waals surface area (Å²) in [4.78, 5) is 0. The molecule has 0 atom stereocenters. The summed E-state index contributed by atoms with van der Waals surface area (Å²) in [6, 6.07) is 0. The monoisotopic (exact) mass is 244 g/mol. The first-order valence-electron chi connectivity index (χ1n) is 0. The fourth-order valence-corrected chi connectivity index (χ4v) is 0. The van der Waals surface area contributed by atoms with Crippen molar-refractivity contribution in [1.29, 1.82) is 0 Å². The topological polar surface area (TPSA) is 150 Å². The van der Waals surface area contributed by atoms with Crippen LogP contribution in [0.4, 0.5) is 0 Å². The van der Waals surface area contributed by atoms with Gasteiger partial charge < -0.3 is 27.4 Å². The Morgan fingerprint density at radius 2 is 0.429 bits per heavy atom. The zero-order valence-corrected chi connectivity index (χ0v) is 9.71. The van der Waals surface area contributed by atoms with Crippen molar-refractivity contribution >= 4 is 23.9 Å². The molecule has 0 aromatic carbocycles. The molecule has 40 valence electrons. The van der Waals surface area contributed by atoms with Gasteiger partial charge in [-0.15, -0.1) is 0 Å². The molecule has 0 bridgehead atoms. The van der Waals surface area contributed by atoms with Crippen LogP contribution in [0.25, 0.3) is 0 Å². The molecule has 0 saturated heterocycles. The standard InChI is InChI=1S/K.5H2O.Sn/h;5*1H2;/q+1;;;;;;+4/p-5. The van der Waals surface area contributed by atoms with E-state index in [4.69, 9.17) is 0 Å². The SMILES string of the molecule is [K+].[OH-].[OH-].[OH-].[OH-].[OH-].[Sn+4]. The minimum Gasteiger partial charge on any atom is -0.870 e. The fourth-order valence-electron chi connectivity index (χ4n) is 0. The number of hydrogen-bond donors (Lipinski definition) is 0. The third-order valence-electron chi connectivity index (χ3n) is 0. The Morgan fingerprint density at radius 3 is 0.429 bits per heavy atom. The van der Waals surface area contributed by atoms with Gasteiger partial charge >= 0.3 is 75.3 Å². The van der Waals surface area contributed by atoms with Gasteiger partial charge in [-0.05, 0) is 0 Å². The minimum atomic E-state index is 0. The molecule has 0 amide bonds. The van der Waals surface area contributed by atoms with Crippen LogP contribution in [0.2, 0.25) is 0 Å². The van der Waals surface area contributed by atoms with E-state index in [0.717, 1.165) is 0 Å². The van der Waals surface area contributed by atoms with Crippen molar-refractivity contribution in [3.8, 4) is 0 Å². The van der Waals surface area contributed by atoms with Gasteiger partial charge in [0.2, 0.25) is 0 Å². The van der Waals surface area contributed by atoms with Crippen LogP contribution in [0.15, 0.2) is 0 Å². The summed E-state index contributed by atoms with van der Waals surface area (Å²) >= 11 is 0. The van der Waals surface area contributed by atoms with Crippen molar-refractivity contribution in [3.63, 3.8) is 0 Å². The maximum absolute atomic E-state index is 0. The molecule has 0 aromatic rings. The molecule has 5 nitrogen and oxygen atoms in total. The van der Waals surface area contributed by atoms with E-state index in [2.05, 4.69) is 0 Å². The molecule has 0 aromatic heterocycles. The number of hydrogen-bond acceptors (Lipinski definition) is 5. The number of rotatable bonds is 0. The molecule has 7 heavy (non-hydrogen) atoms. The quantitative estimate of drug-likeness (QED) is 0.394. The largest absolute Gasteiger partial charge is 4.00 e. The van der Waals surface area contributed by atoms with Gasteiger partial charge in [0.25, 0.3) is 0 Å². The van der Waals surface area contributed by atoms with E-state index in [1.54, 1.807) is 0 Å². The molecule has 7 heteroatoms. The van der Waals surface area contributed by atoms with E-state index < -0.39 is 0 Å². The Balaban J connectivity index is 0. The summed E-state index contributed by atoms with van der Waals surface area (Å²) < 4.78 is 0. The van der Waals surface area contributed by atoms with E-state index in [1.165, 1.54) is 0 Å². The first-order valence-corrected chi connectivity index (χ1v) is 0. The second-order valence-corrected chi connectivity index (χ2v) is 0. The van der Waals surface area contributed by atoms with Gasteiger partial charge in [0.1, 0.15) is 0 Å². The van der Waals surface area contributed by atoms with E-state index in [0.29, 0.717) is 0 Å². The first-order chi connectivity index (χ1) is 0. The Hall–Kier alpha value is 2.24. The van der Waals surface area contributed by atoms with Crippen molar-refractivity contribution in [2.24, 2.45) is 0 Å². The third-order valence-corrected chi connectivity index (χ3v) is 0. The summed E-state index contributed by atoms with van der Waals surface area (Å²) in [5.41, 5.74) is 0. The Kier molecular flexibility index (Phi) is 1550. The second-order valence-electron chi connectivity index (χ2n) is 0. The van der Waals surface area contributed by atoms with Crippen LogP contribution in [0.1, 0.15) is 0 Å². The van der Waals surface area contributed by atoms with Crippen molar-refractivity contribution in [1.82, 2.24) is 0 Å². The molecule has 0 rings (SSSR count). The van der Waals surface area contributed by atoms with Gasteiger partial charge in [-0.3, -0.25) is 0 Å². The van der Waals surface area contributed by atoms with Crippen molar-refractivity contribution in [3.05, 3.63) is 0 Å². The van der Waals surface area contributed by atoms with Gasteiger partial charge in [-0.2, -0.15) is 0 Å². The van der Waals surface area contributed by atoms with Crippen molar-refractivity contribution in [2.45, 2.75) is 0 Å². The Morgan fingerprint density at radius 1 is 0.429 bits per heavy atom. The van der Waals surface area contributed by atoms with Crippen LogP contribution >= 0.6 is 0 Å². The van der Waals surface area contributed by atoms with Gasteiger partial charge in [0.05, 0.1) is 0 Å². The predicted molar refractivity (Wildman–Crippen MR) is 15.4 cm³/mol. The molecule has 0 spiro atoms. The average molecular weight is 243 g/mol. The third kappa shape index (κ3) is 64.1. The maximum Gasteiger partial charge on any atom is 4.00 e. The molecule has 0 heterocycles. The zero-order valence-electron chi connectivity index (χ0n) is 3.74. The maximum atomic E-state index is 0. The normalized spacial score (nSPS) is 0. The summed E-state index contributed by atoms with van der Waals surface area (Å²) in [6.45, 7) is 0. The van der Waals surface area contributed by atoms with Crippen LogP contribution in [0.5, 0.6) is 0 Å². The van der Waals surface area contributed by atoms with E-state index >= 15 is 0 Å². The predicted octanol–water partition coefficient (Wildman–Crippen LogP) is -4.26. The Bertz CT molecular complexity index is 8.04. The molecule has 5 N–H and O–H groups in total.